The normalized spacial score (nSPS) is 12.5. The van der Waals surface area contributed by atoms with Gasteiger partial charge in [0.15, 0.2) is 0 Å². The molecule has 4 heteroatoms. The molecule has 0 spiro atoms. The Bertz CT molecular complexity index is 110. The minimum atomic E-state index is -1.41. The summed E-state index contributed by atoms with van der Waals surface area (Å²) in [6.45, 7) is 9.87. The van der Waals surface area contributed by atoms with Gasteiger partial charge >= 0.3 is 0 Å². The van der Waals surface area contributed by atoms with Crippen LogP contribution in [0, 0.1) is 0 Å². The van der Waals surface area contributed by atoms with Gasteiger partial charge in [0, 0.05) is 12.1 Å². The largest absolute Gasteiger partial charge is 0.299 e. The molecule has 0 N–H and O–H groups in total. The van der Waals surface area contributed by atoms with E-state index in [1.807, 2.05) is 0 Å². The molecule has 0 atom stereocenters. The van der Waals surface area contributed by atoms with E-state index < -0.39 is 7.42 Å². The van der Waals surface area contributed by atoms with Crippen molar-refractivity contribution in [3.63, 3.8) is 0 Å². The SMILES string of the molecule is CC(C)N(CC[SiH](Cl)Cl)C(C)C. The molecule has 1 nitrogen and oxygen atoms in total. The third kappa shape index (κ3) is 5.41. The highest BCUT2D eigenvalue weighted by molar-refractivity contribution is 7.33. The van der Waals surface area contributed by atoms with E-state index in [2.05, 4.69) is 32.6 Å². The number of hydrogen-bond acceptors (Lipinski definition) is 1. The number of rotatable bonds is 5. The summed E-state index contributed by atoms with van der Waals surface area (Å²) in [5.41, 5.74) is 0. The quantitative estimate of drug-likeness (QED) is 0.516. The summed E-state index contributed by atoms with van der Waals surface area (Å²) in [6, 6.07) is 2.16. The fraction of sp³-hybridized carbons (Fsp3) is 1.00. The molecule has 0 aromatic heterocycles. The first-order valence-electron chi connectivity index (χ1n) is 4.49. The topological polar surface area (TPSA) is 3.24 Å². The van der Waals surface area contributed by atoms with Gasteiger partial charge in [0.25, 0.3) is 0 Å². The average molecular weight is 228 g/mol. The van der Waals surface area contributed by atoms with Gasteiger partial charge in [0.1, 0.15) is 0 Å². The second kappa shape index (κ2) is 6.25. The highest BCUT2D eigenvalue weighted by atomic mass is 35.7. The molecule has 0 aromatic carbocycles. The first-order valence-corrected chi connectivity index (χ1v) is 8.79. The zero-order valence-corrected chi connectivity index (χ0v) is 11.0. The van der Waals surface area contributed by atoms with Crippen LogP contribution in [0.25, 0.3) is 0 Å². The number of halogens is 2. The monoisotopic (exact) mass is 227 g/mol. The van der Waals surface area contributed by atoms with Gasteiger partial charge in [-0.1, -0.05) is 0 Å². The Morgan fingerprint density at radius 3 is 1.75 bits per heavy atom. The Hall–Kier alpha value is 0.757. The van der Waals surface area contributed by atoms with Gasteiger partial charge in [-0.15, -0.1) is 0 Å². The van der Waals surface area contributed by atoms with Gasteiger partial charge in [-0.25, -0.2) is 0 Å². The molecule has 0 fully saturated rings. The van der Waals surface area contributed by atoms with Crippen molar-refractivity contribution in [1.29, 1.82) is 0 Å². The van der Waals surface area contributed by atoms with E-state index in [1.165, 1.54) is 0 Å². The molecular formula is C8H19Cl2NSi. The van der Waals surface area contributed by atoms with Crippen molar-refractivity contribution in [3.8, 4) is 0 Å². The van der Waals surface area contributed by atoms with Crippen LogP contribution in [0.3, 0.4) is 0 Å². The van der Waals surface area contributed by atoms with Crippen molar-refractivity contribution in [2.75, 3.05) is 6.54 Å². The fourth-order valence-electron chi connectivity index (χ4n) is 1.36. The maximum Gasteiger partial charge on any atom is 0.238 e. The van der Waals surface area contributed by atoms with Crippen LogP contribution in [0.4, 0.5) is 0 Å². The molecule has 0 radical (unpaired) electrons. The maximum absolute atomic E-state index is 5.81. The molecular weight excluding hydrogens is 209 g/mol. The van der Waals surface area contributed by atoms with E-state index in [-0.39, 0.29) is 0 Å². The summed E-state index contributed by atoms with van der Waals surface area (Å²) in [5.74, 6) is 0. The van der Waals surface area contributed by atoms with Crippen LogP contribution in [0.2, 0.25) is 6.04 Å². The third-order valence-corrected chi connectivity index (χ3v) is 3.94. The summed E-state index contributed by atoms with van der Waals surface area (Å²) in [6.07, 6.45) is 0. The highest BCUT2D eigenvalue weighted by Crippen LogP contribution is 2.10. The lowest BCUT2D eigenvalue weighted by molar-refractivity contribution is 0.185. The van der Waals surface area contributed by atoms with E-state index in [1.54, 1.807) is 0 Å². The van der Waals surface area contributed by atoms with Crippen molar-refractivity contribution >= 4 is 29.6 Å². The lowest BCUT2D eigenvalue weighted by Gasteiger charge is -2.30. The fourth-order valence-corrected chi connectivity index (χ4v) is 2.44. The van der Waals surface area contributed by atoms with Gasteiger partial charge in [-0.3, -0.25) is 4.90 Å². The van der Waals surface area contributed by atoms with Crippen molar-refractivity contribution < 1.29 is 0 Å². The molecule has 0 aliphatic heterocycles. The van der Waals surface area contributed by atoms with Crippen molar-refractivity contribution in [1.82, 2.24) is 4.90 Å². The Kier molecular flexibility index (Phi) is 6.64. The Morgan fingerprint density at radius 2 is 1.50 bits per heavy atom. The second-order valence-corrected chi connectivity index (χ2v) is 8.80. The van der Waals surface area contributed by atoms with E-state index in [4.69, 9.17) is 22.2 Å². The lowest BCUT2D eigenvalue weighted by atomic mass is 10.2. The van der Waals surface area contributed by atoms with Crippen LogP contribution >= 0.6 is 22.2 Å². The molecule has 0 saturated heterocycles. The van der Waals surface area contributed by atoms with Gasteiger partial charge in [-0.05, 0) is 40.3 Å². The van der Waals surface area contributed by atoms with Crippen LogP contribution < -0.4 is 0 Å². The highest BCUT2D eigenvalue weighted by Gasteiger charge is 2.14. The zero-order chi connectivity index (χ0) is 9.72. The predicted octanol–water partition coefficient (Wildman–Crippen LogP) is 2.80. The van der Waals surface area contributed by atoms with Crippen LogP contribution in [-0.4, -0.2) is 30.9 Å². The molecule has 0 unspecified atom stereocenters. The smallest absolute Gasteiger partial charge is 0.238 e. The molecule has 0 amide bonds. The minimum absolute atomic E-state index is 0.589. The molecule has 0 aliphatic rings. The molecule has 0 aromatic rings. The van der Waals surface area contributed by atoms with Gasteiger partial charge < -0.3 is 0 Å². The summed E-state index contributed by atoms with van der Waals surface area (Å²) >= 11 is 11.6. The second-order valence-electron chi connectivity index (χ2n) is 3.61. The maximum atomic E-state index is 5.81. The number of hydrogen-bond donors (Lipinski definition) is 0. The van der Waals surface area contributed by atoms with Crippen molar-refractivity contribution in [2.45, 2.75) is 45.8 Å². The summed E-state index contributed by atoms with van der Waals surface area (Å²) in [4.78, 5) is 2.42. The zero-order valence-electron chi connectivity index (χ0n) is 8.35. The summed E-state index contributed by atoms with van der Waals surface area (Å²) in [7, 11) is -1.41. The minimum Gasteiger partial charge on any atom is -0.299 e. The van der Waals surface area contributed by atoms with E-state index >= 15 is 0 Å². The van der Waals surface area contributed by atoms with Gasteiger partial charge in [0.2, 0.25) is 7.42 Å². The van der Waals surface area contributed by atoms with Gasteiger partial charge in [0.05, 0.1) is 0 Å². The molecule has 0 aliphatic carbocycles. The van der Waals surface area contributed by atoms with Crippen LogP contribution in [0.15, 0.2) is 0 Å². The van der Waals surface area contributed by atoms with Crippen molar-refractivity contribution in [2.24, 2.45) is 0 Å². The number of nitrogens with zero attached hydrogens (tertiary/aromatic N) is 1. The summed E-state index contributed by atoms with van der Waals surface area (Å²) < 4.78 is 0. The first kappa shape index (κ1) is 12.8. The van der Waals surface area contributed by atoms with E-state index in [0.717, 1.165) is 12.6 Å². The van der Waals surface area contributed by atoms with E-state index in [9.17, 15) is 0 Å². The van der Waals surface area contributed by atoms with E-state index in [0.29, 0.717) is 12.1 Å². The van der Waals surface area contributed by atoms with Crippen molar-refractivity contribution in [3.05, 3.63) is 0 Å². The van der Waals surface area contributed by atoms with Gasteiger partial charge in [-0.2, -0.15) is 22.2 Å². The van der Waals surface area contributed by atoms with Crippen LogP contribution in [-0.2, 0) is 0 Å². The molecule has 0 saturated carbocycles. The average Bonchev–Trinajstić information content (AvgIpc) is 1.84. The molecule has 74 valence electrons. The Morgan fingerprint density at radius 1 is 1.08 bits per heavy atom. The standard InChI is InChI=1S/C8H19Cl2NSi/c1-7(2)11(8(3)4)5-6-12(9)10/h7-8,12H,5-6H2,1-4H3. The van der Waals surface area contributed by atoms with Crippen LogP contribution in [0.5, 0.6) is 0 Å². The Labute approximate surface area is 87.0 Å². The summed E-state index contributed by atoms with van der Waals surface area (Å²) in [5, 5.41) is 0. The molecule has 0 rings (SSSR count). The molecule has 12 heavy (non-hydrogen) atoms. The lowest BCUT2D eigenvalue weighted by Crippen LogP contribution is -2.38. The first-order chi connectivity index (χ1) is 5.45. The third-order valence-electron chi connectivity index (χ3n) is 1.93. The van der Waals surface area contributed by atoms with Crippen LogP contribution in [0.1, 0.15) is 27.7 Å². The molecule has 0 bridgehead atoms. The molecule has 0 heterocycles. The predicted molar refractivity (Wildman–Crippen MR) is 60.6 cm³/mol. The Balaban J connectivity index is 3.80.